The number of hydrogen-bond donors (Lipinski definition) is 4. The number of para-hydroxylation sites is 1. The van der Waals surface area contributed by atoms with Crippen LogP contribution in [0.2, 0.25) is 0 Å². The molecule has 0 spiro atoms. The SMILES string of the molecule is OC(CNc1n[nH]c(=S)s1)COc1cccc2[nH]c3ccccc3c12. The molecule has 0 aliphatic rings. The predicted molar refractivity (Wildman–Crippen MR) is 103 cm³/mol. The maximum absolute atomic E-state index is 10.2. The fourth-order valence-corrected chi connectivity index (χ4v) is 3.54. The Morgan fingerprint density at radius 3 is 2.88 bits per heavy atom. The van der Waals surface area contributed by atoms with Gasteiger partial charge in [0, 0.05) is 22.8 Å². The van der Waals surface area contributed by atoms with Crippen LogP contribution in [0.15, 0.2) is 42.5 Å². The smallest absolute Gasteiger partial charge is 0.204 e. The van der Waals surface area contributed by atoms with Crippen molar-refractivity contribution in [1.82, 2.24) is 15.2 Å². The van der Waals surface area contributed by atoms with Crippen LogP contribution in [0.25, 0.3) is 21.8 Å². The van der Waals surface area contributed by atoms with Crippen molar-refractivity contribution in [1.29, 1.82) is 0 Å². The van der Waals surface area contributed by atoms with E-state index in [2.05, 4.69) is 26.6 Å². The first-order chi connectivity index (χ1) is 12.2. The minimum absolute atomic E-state index is 0.182. The minimum atomic E-state index is -0.669. The van der Waals surface area contributed by atoms with Gasteiger partial charge in [0.15, 0.2) is 3.95 Å². The van der Waals surface area contributed by atoms with Crippen LogP contribution in [0.1, 0.15) is 0 Å². The zero-order valence-electron chi connectivity index (χ0n) is 13.2. The van der Waals surface area contributed by atoms with E-state index in [1.807, 2.05) is 36.4 Å². The van der Waals surface area contributed by atoms with E-state index in [-0.39, 0.29) is 6.61 Å². The van der Waals surface area contributed by atoms with Crippen LogP contribution in [0.5, 0.6) is 5.75 Å². The molecule has 0 aliphatic heterocycles. The first kappa shape index (κ1) is 16.1. The van der Waals surface area contributed by atoms with Gasteiger partial charge in [-0.2, -0.15) is 0 Å². The van der Waals surface area contributed by atoms with Crippen LogP contribution >= 0.6 is 23.6 Å². The molecule has 1 atom stereocenters. The summed E-state index contributed by atoms with van der Waals surface area (Å²) in [5, 5.41) is 22.7. The van der Waals surface area contributed by atoms with E-state index in [0.29, 0.717) is 15.6 Å². The van der Waals surface area contributed by atoms with Gasteiger partial charge in [0.05, 0.1) is 5.52 Å². The highest BCUT2D eigenvalue weighted by molar-refractivity contribution is 7.73. The number of aliphatic hydroxyl groups is 1. The van der Waals surface area contributed by atoms with Gasteiger partial charge >= 0.3 is 0 Å². The molecular weight excluding hydrogens is 356 g/mol. The quantitative estimate of drug-likeness (QED) is 0.388. The Labute approximate surface area is 152 Å². The highest BCUT2D eigenvalue weighted by atomic mass is 32.1. The Bertz CT molecular complexity index is 1070. The van der Waals surface area contributed by atoms with Gasteiger partial charge in [-0.15, -0.1) is 5.10 Å². The fraction of sp³-hybridized carbons (Fsp3) is 0.176. The normalized spacial score (nSPS) is 12.5. The Hall–Kier alpha value is -2.42. The Kier molecular flexibility index (Phi) is 4.39. The molecule has 0 fully saturated rings. The van der Waals surface area contributed by atoms with Gasteiger partial charge in [-0.05, 0) is 30.4 Å². The van der Waals surface area contributed by atoms with Crippen molar-refractivity contribution in [2.24, 2.45) is 0 Å². The number of anilines is 1. The van der Waals surface area contributed by atoms with Crippen LogP contribution < -0.4 is 10.1 Å². The summed E-state index contributed by atoms with van der Waals surface area (Å²) in [7, 11) is 0. The van der Waals surface area contributed by atoms with E-state index in [9.17, 15) is 5.11 Å². The van der Waals surface area contributed by atoms with Crippen molar-refractivity contribution in [2.75, 3.05) is 18.5 Å². The highest BCUT2D eigenvalue weighted by Gasteiger charge is 2.11. The largest absolute Gasteiger partial charge is 0.490 e. The maximum atomic E-state index is 10.2. The minimum Gasteiger partial charge on any atom is -0.490 e. The maximum Gasteiger partial charge on any atom is 0.204 e. The molecule has 1 unspecified atom stereocenters. The molecular formula is C17H16N4O2S2. The molecule has 8 heteroatoms. The van der Waals surface area contributed by atoms with Crippen LogP contribution in [-0.2, 0) is 0 Å². The summed E-state index contributed by atoms with van der Waals surface area (Å²) in [4.78, 5) is 3.38. The third-order valence-electron chi connectivity index (χ3n) is 3.85. The first-order valence-electron chi connectivity index (χ1n) is 7.80. The molecule has 0 radical (unpaired) electrons. The molecule has 0 saturated carbocycles. The standard InChI is InChI=1S/C17H16N4O2S2/c22-10(8-18-16-20-21-17(24)25-16)9-23-14-7-3-6-13-15(14)11-4-1-2-5-12(11)19-13/h1-7,10,19,22H,8-9H2,(H,18,20)(H,21,24). The number of hydrogen-bond acceptors (Lipinski definition) is 6. The topological polar surface area (TPSA) is 86.0 Å². The number of aromatic amines is 2. The monoisotopic (exact) mass is 372 g/mol. The Morgan fingerprint density at radius 1 is 1.20 bits per heavy atom. The summed E-state index contributed by atoms with van der Waals surface area (Å²) < 4.78 is 6.48. The van der Waals surface area contributed by atoms with Gasteiger partial charge in [0.1, 0.15) is 18.5 Å². The summed E-state index contributed by atoms with van der Waals surface area (Å²) in [6.07, 6.45) is -0.669. The fourth-order valence-electron chi connectivity index (χ4n) is 2.74. The molecule has 2 aromatic carbocycles. The second-order valence-electron chi connectivity index (χ2n) is 5.61. The summed E-state index contributed by atoms with van der Waals surface area (Å²) in [6, 6.07) is 14.0. The number of benzene rings is 2. The van der Waals surface area contributed by atoms with Gasteiger partial charge in [-0.3, -0.25) is 5.10 Å². The molecule has 4 N–H and O–H groups in total. The molecule has 0 aliphatic carbocycles. The lowest BCUT2D eigenvalue weighted by atomic mass is 10.1. The van der Waals surface area contributed by atoms with Gasteiger partial charge in [-0.25, -0.2) is 0 Å². The van der Waals surface area contributed by atoms with Crippen molar-refractivity contribution in [2.45, 2.75) is 6.10 Å². The summed E-state index contributed by atoms with van der Waals surface area (Å²) in [5.74, 6) is 0.754. The second kappa shape index (κ2) is 6.83. The van der Waals surface area contributed by atoms with Crippen LogP contribution in [0.4, 0.5) is 5.13 Å². The number of fused-ring (bicyclic) bond motifs is 3. The molecule has 2 heterocycles. The van der Waals surface area contributed by atoms with Gasteiger partial charge < -0.3 is 20.1 Å². The van der Waals surface area contributed by atoms with E-state index in [4.69, 9.17) is 17.0 Å². The molecule has 0 saturated heterocycles. The zero-order chi connectivity index (χ0) is 17.2. The van der Waals surface area contributed by atoms with Crippen LogP contribution in [0.3, 0.4) is 0 Å². The average Bonchev–Trinajstić information content (AvgIpc) is 3.21. The van der Waals surface area contributed by atoms with E-state index in [1.165, 1.54) is 11.3 Å². The van der Waals surface area contributed by atoms with Gasteiger partial charge in [-0.1, -0.05) is 35.6 Å². The molecule has 6 nitrogen and oxygen atoms in total. The van der Waals surface area contributed by atoms with E-state index in [1.54, 1.807) is 0 Å². The molecule has 4 rings (SSSR count). The summed E-state index contributed by atoms with van der Waals surface area (Å²) in [5.41, 5.74) is 2.08. The summed E-state index contributed by atoms with van der Waals surface area (Å²) in [6.45, 7) is 0.515. The van der Waals surface area contributed by atoms with Crippen molar-refractivity contribution >= 4 is 50.5 Å². The number of ether oxygens (including phenoxy) is 1. The van der Waals surface area contributed by atoms with E-state index >= 15 is 0 Å². The van der Waals surface area contributed by atoms with Crippen LogP contribution in [-0.4, -0.2) is 39.5 Å². The zero-order valence-corrected chi connectivity index (χ0v) is 14.8. The average molecular weight is 372 g/mol. The lowest BCUT2D eigenvalue weighted by Gasteiger charge is -2.13. The number of aromatic nitrogens is 3. The number of nitrogens with one attached hydrogen (secondary N) is 3. The summed E-state index contributed by atoms with van der Waals surface area (Å²) >= 11 is 6.30. The highest BCUT2D eigenvalue weighted by Crippen LogP contribution is 2.32. The Morgan fingerprint density at radius 2 is 2.04 bits per heavy atom. The molecule has 0 bridgehead atoms. The van der Waals surface area contributed by atoms with Gasteiger partial charge in [0.2, 0.25) is 5.13 Å². The third-order valence-corrected chi connectivity index (χ3v) is 4.90. The molecule has 25 heavy (non-hydrogen) atoms. The predicted octanol–water partition coefficient (Wildman–Crippen LogP) is 3.69. The molecule has 0 amide bonds. The van der Waals surface area contributed by atoms with Gasteiger partial charge in [0.25, 0.3) is 0 Å². The lowest BCUT2D eigenvalue weighted by Crippen LogP contribution is -2.26. The van der Waals surface area contributed by atoms with Crippen LogP contribution in [0, 0.1) is 3.95 Å². The van der Waals surface area contributed by atoms with Crippen molar-refractivity contribution in [3.05, 3.63) is 46.4 Å². The number of aliphatic hydroxyl groups excluding tert-OH is 1. The second-order valence-corrected chi connectivity index (χ2v) is 7.28. The van der Waals surface area contributed by atoms with Crippen molar-refractivity contribution in [3.63, 3.8) is 0 Å². The number of H-pyrrole nitrogens is 2. The third kappa shape index (κ3) is 3.37. The Balaban J connectivity index is 1.48. The first-order valence-corrected chi connectivity index (χ1v) is 9.03. The van der Waals surface area contributed by atoms with Crippen molar-refractivity contribution < 1.29 is 9.84 Å². The number of rotatable bonds is 6. The van der Waals surface area contributed by atoms with E-state index in [0.717, 1.165) is 27.6 Å². The molecule has 4 aromatic rings. The molecule has 128 valence electrons. The molecule has 2 aromatic heterocycles. The van der Waals surface area contributed by atoms with Crippen molar-refractivity contribution in [3.8, 4) is 5.75 Å². The van der Waals surface area contributed by atoms with E-state index < -0.39 is 6.10 Å². The lowest BCUT2D eigenvalue weighted by molar-refractivity contribution is 0.118. The number of nitrogens with zero attached hydrogens (tertiary/aromatic N) is 1.